The summed E-state index contributed by atoms with van der Waals surface area (Å²) in [6.45, 7) is 2.75. The van der Waals surface area contributed by atoms with Gasteiger partial charge in [-0.2, -0.15) is 9.97 Å². The van der Waals surface area contributed by atoms with E-state index < -0.39 is 10.0 Å². The molecule has 1 saturated carbocycles. The van der Waals surface area contributed by atoms with E-state index in [0.717, 1.165) is 47.8 Å². The highest BCUT2D eigenvalue weighted by atomic mass is 32.2. The minimum absolute atomic E-state index is 0.192. The van der Waals surface area contributed by atoms with Crippen molar-refractivity contribution in [1.82, 2.24) is 19.5 Å². The van der Waals surface area contributed by atoms with Crippen molar-refractivity contribution < 1.29 is 13.5 Å². The molecule has 10 nitrogen and oxygen atoms in total. The second kappa shape index (κ2) is 11.0. The highest BCUT2D eigenvalue weighted by molar-refractivity contribution is 7.92. The molecule has 0 spiro atoms. The lowest BCUT2D eigenvalue weighted by molar-refractivity contribution is 0.126. The first-order valence-electron chi connectivity index (χ1n) is 13.8. The molecule has 0 atom stereocenters. The summed E-state index contributed by atoms with van der Waals surface area (Å²) in [7, 11) is -3.63. The monoisotopic (exact) mass is 571 g/mol. The van der Waals surface area contributed by atoms with Crippen molar-refractivity contribution >= 4 is 60.8 Å². The molecule has 41 heavy (non-hydrogen) atoms. The number of aliphatic hydroxyl groups is 1. The van der Waals surface area contributed by atoms with Gasteiger partial charge in [-0.25, -0.2) is 17.7 Å². The van der Waals surface area contributed by atoms with Crippen LogP contribution in [0.2, 0.25) is 0 Å². The standard InChI is InChI=1S/C30H33N7O3S/c1-3-36-19-31-27-28(34-30(35-29(27)36)33-22-13-17-24(38)18-14-22)32-21-11-15-23(16-12-21)37(41(2,39)40)26-10-6-8-20-7-4-5-9-25(20)26/h4-12,15-16,19,22,24,38H,3,13-14,17-18H2,1-2H3,(H2,32,33,34,35)/t22-,24-. The Bertz CT molecular complexity index is 1790. The molecule has 0 aliphatic heterocycles. The zero-order valence-corrected chi connectivity index (χ0v) is 23.8. The van der Waals surface area contributed by atoms with Gasteiger partial charge in [0.2, 0.25) is 16.0 Å². The van der Waals surface area contributed by atoms with Crippen LogP contribution in [0.15, 0.2) is 73.1 Å². The molecule has 2 heterocycles. The molecule has 5 aromatic rings. The van der Waals surface area contributed by atoms with E-state index in [1.54, 1.807) is 18.5 Å². The number of sulfonamides is 1. The Hall–Kier alpha value is -4.22. The predicted molar refractivity (Wildman–Crippen MR) is 164 cm³/mol. The number of fused-ring (bicyclic) bond motifs is 2. The number of aryl methyl sites for hydroxylation is 1. The molecule has 1 fully saturated rings. The zero-order chi connectivity index (χ0) is 28.6. The largest absolute Gasteiger partial charge is 0.393 e. The van der Waals surface area contributed by atoms with E-state index in [1.165, 1.54) is 10.6 Å². The number of nitrogens with one attached hydrogen (secondary N) is 2. The van der Waals surface area contributed by atoms with Gasteiger partial charge < -0.3 is 20.3 Å². The summed E-state index contributed by atoms with van der Waals surface area (Å²) in [5.41, 5.74) is 3.23. The van der Waals surface area contributed by atoms with Crippen LogP contribution in [-0.4, -0.2) is 51.4 Å². The van der Waals surface area contributed by atoms with Crippen LogP contribution in [0.4, 0.5) is 28.8 Å². The van der Waals surface area contributed by atoms with Crippen molar-refractivity contribution in [3.63, 3.8) is 0 Å². The summed E-state index contributed by atoms with van der Waals surface area (Å²) in [6.07, 6.45) is 5.95. The molecule has 1 aliphatic rings. The minimum Gasteiger partial charge on any atom is -0.393 e. The Morgan fingerprint density at radius 2 is 1.71 bits per heavy atom. The third kappa shape index (κ3) is 5.55. The van der Waals surface area contributed by atoms with Crippen LogP contribution in [0.25, 0.3) is 21.9 Å². The predicted octanol–water partition coefficient (Wildman–Crippen LogP) is 5.56. The fourth-order valence-corrected chi connectivity index (χ4v) is 6.46. The first kappa shape index (κ1) is 27.0. The van der Waals surface area contributed by atoms with E-state index in [4.69, 9.17) is 9.97 Å². The molecular formula is C30H33N7O3S. The lowest BCUT2D eigenvalue weighted by Gasteiger charge is -2.26. The number of nitrogens with zero attached hydrogens (tertiary/aromatic N) is 5. The Balaban J connectivity index is 1.32. The number of hydrogen-bond donors (Lipinski definition) is 3. The van der Waals surface area contributed by atoms with Gasteiger partial charge in [0.25, 0.3) is 0 Å². The van der Waals surface area contributed by atoms with Crippen LogP contribution in [0.3, 0.4) is 0 Å². The number of imidazole rings is 1. The van der Waals surface area contributed by atoms with Crippen molar-refractivity contribution in [2.75, 3.05) is 21.2 Å². The zero-order valence-electron chi connectivity index (χ0n) is 23.0. The van der Waals surface area contributed by atoms with Crippen molar-refractivity contribution in [3.8, 4) is 0 Å². The first-order chi connectivity index (χ1) is 19.8. The molecule has 2 aromatic heterocycles. The fourth-order valence-electron chi connectivity index (χ4n) is 5.44. The van der Waals surface area contributed by atoms with Crippen LogP contribution >= 0.6 is 0 Å². The van der Waals surface area contributed by atoms with E-state index in [1.807, 2.05) is 66.1 Å². The third-order valence-corrected chi connectivity index (χ3v) is 8.59. The lowest BCUT2D eigenvalue weighted by Crippen LogP contribution is -2.29. The van der Waals surface area contributed by atoms with Crippen molar-refractivity contribution in [2.45, 2.75) is 51.3 Å². The second-order valence-corrected chi connectivity index (χ2v) is 12.3. The van der Waals surface area contributed by atoms with Crippen LogP contribution in [0.1, 0.15) is 32.6 Å². The van der Waals surface area contributed by atoms with Crippen molar-refractivity contribution in [2.24, 2.45) is 0 Å². The molecule has 0 bridgehead atoms. The first-order valence-corrected chi connectivity index (χ1v) is 15.7. The molecule has 0 radical (unpaired) electrons. The third-order valence-electron chi connectivity index (χ3n) is 7.52. The maximum Gasteiger partial charge on any atom is 0.236 e. The quantitative estimate of drug-likeness (QED) is 0.221. The van der Waals surface area contributed by atoms with Gasteiger partial charge in [-0.1, -0.05) is 36.4 Å². The van der Waals surface area contributed by atoms with Gasteiger partial charge in [-0.3, -0.25) is 0 Å². The number of anilines is 5. The van der Waals surface area contributed by atoms with E-state index in [2.05, 4.69) is 15.6 Å². The summed E-state index contributed by atoms with van der Waals surface area (Å²) in [5.74, 6) is 1.06. The molecular weight excluding hydrogens is 538 g/mol. The van der Waals surface area contributed by atoms with Gasteiger partial charge in [0.15, 0.2) is 17.0 Å². The van der Waals surface area contributed by atoms with Crippen LogP contribution in [0, 0.1) is 0 Å². The molecule has 0 amide bonds. The van der Waals surface area contributed by atoms with Gasteiger partial charge in [0.1, 0.15) is 0 Å². The van der Waals surface area contributed by atoms with E-state index in [-0.39, 0.29) is 12.1 Å². The molecule has 0 saturated heterocycles. The number of hydrogen-bond acceptors (Lipinski definition) is 8. The topological polar surface area (TPSA) is 125 Å². The second-order valence-electron chi connectivity index (χ2n) is 10.4. The average molecular weight is 572 g/mol. The van der Waals surface area contributed by atoms with Crippen molar-refractivity contribution in [3.05, 3.63) is 73.1 Å². The number of rotatable bonds is 8. The molecule has 6 rings (SSSR count). The maximum absolute atomic E-state index is 13.0. The van der Waals surface area contributed by atoms with Gasteiger partial charge in [0, 0.05) is 23.7 Å². The average Bonchev–Trinajstić information content (AvgIpc) is 3.38. The normalized spacial score (nSPS) is 17.5. The summed E-state index contributed by atoms with van der Waals surface area (Å²) in [6, 6.07) is 20.8. The van der Waals surface area contributed by atoms with Gasteiger partial charge in [-0.15, -0.1) is 0 Å². The molecule has 3 aromatic carbocycles. The summed E-state index contributed by atoms with van der Waals surface area (Å²) < 4.78 is 29.4. The van der Waals surface area contributed by atoms with Crippen molar-refractivity contribution in [1.29, 1.82) is 0 Å². The van der Waals surface area contributed by atoms with Crippen LogP contribution in [0.5, 0.6) is 0 Å². The highest BCUT2D eigenvalue weighted by Gasteiger charge is 2.23. The number of benzene rings is 3. The van der Waals surface area contributed by atoms with Gasteiger partial charge in [-0.05, 0) is 68.3 Å². The Morgan fingerprint density at radius 3 is 2.44 bits per heavy atom. The van der Waals surface area contributed by atoms with Crippen LogP contribution in [-0.2, 0) is 16.6 Å². The van der Waals surface area contributed by atoms with E-state index >= 15 is 0 Å². The summed E-state index contributed by atoms with van der Waals surface area (Å²) in [5, 5.41) is 18.5. The Kier molecular flexibility index (Phi) is 7.22. The molecule has 212 valence electrons. The Labute approximate surface area is 239 Å². The number of aliphatic hydroxyl groups excluding tert-OH is 1. The minimum atomic E-state index is -3.63. The summed E-state index contributed by atoms with van der Waals surface area (Å²) >= 11 is 0. The summed E-state index contributed by atoms with van der Waals surface area (Å²) in [4.78, 5) is 14.1. The van der Waals surface area contributed by atoms with Crippen LogP contribution < -0.4 is 14.9 Å². The smallest absolute Gasteiger partial charge is 0.236 e. The molecule has 11 heteroatoms. The fraction of sp³-hybridized carbons (Fsp3) is 0.300. The molecule has 0 unspecified atom stereocenters. The molecule has 3 N–H and O–H groups in total. The van der Waals surface area contributed by atoms with E-state index in [9.17, 15) is 13.5 Å². The van der Waals surface area contributed by atoms with Gasteiger partial charge in [0.05, 0.1) is 30.1 Å². The highest BCUT2D eigenvalue weighted by Crippen LogP contribution is 2.35. The Morgan fingerprint density at radius 1 is 0.976 bits per heavy atom. The SMILES string of the molecule is CCn1cnc2c(Nc3ccc(N(c4cccc5ccccc45)S(C)(=O)=O)cc3)nc(N[C@H]3CC[C@H](O)CC3)nc21. The molecule has 1 aliphatic carbocycles. The lowest BCUT2D eigenvalue weighted by atomic mass is 9.93. The maximum atomic E-state index is 13.0. The number of aromatic nitrogens is 4. The van der Waals surface area contributed by atoms with E-state index in [0.29, 0.717) is 35.2 Å². The van der Waals surface area contributed by atoms with Gasteiger partial charge >= 0.3 is 0 Å².